The first-order valence-corrected chi connectivity index (χ1v) is 10.2. The second kappa shape index (κ2) is 8.10. The van der Waals surface area contributed by atoms with Crippen LogP contribution in [0.25, 0.3) is 0 Å². The zero-order valence-corrected chi connectivity index (χ0v) is 17.9. The van der Waals surface area contributed by atoms with Crippen molar-refractivity contribution in [3.63, 3.8) is 0 Å². The Bertz CT molecular complexity index is 939. The Labute approximate surface area is 176 Å². The van der Waals surface area contributed by atoms with Gasteiger partial charge in [0.15, 0.2) is 0 Å². The Morgan fingerprint density at radius 1 is 1.20 bits per heavy atom. The van der Waals surface area contributed by atoms with E-state index < -0.39 is 0 Å². The molecule has 1 fully saturated rings. The van der Waals surface area contributed by atoms with E-state index in [2.05, 4.69) is 9.88 Å². The number of methoxy groups -OCH3 is 1. The summed E-state index contributed by atoms with van der Waals surface area (Å²) in [7, 11) is 3.31. The molecule has 2 aromatic rings. The summed E-state index contributed by atoms with van der Waals surface area (Å²) in [5.41, 5.74) is 3.30. The number of rotatable bonds is 5. The van der Waals surface area contributed by atoms with E-state index in [1.807, 2.05) is 19.9 Å². The Balaban J connectivity index is 1.49. The molecule has 8 nitrogen and oxygen atoms in total. The second-order valence-electron chi connectivity index (χ2n) is 7.90. The fourth-order valence-electron chi connectivity index (χ4n) is 4.27. The van der Waals surface area contributed by atoms with Crippen LogP contribution in [0.2, 0.25) is 0 Å². The minimum atomic E-state index is -0.381. The van der Waals surface area contributed by atoms with Crippen molar-refractivity contribution in [2.75, 3.05) is 38.8 Å². The van der Waals surface area contributed by atoms with Crippen LogP contribution in [0.1, 0.15) is 46.1 Å². The minimum absolute atomic E-state index is 0.0658. The number of ether oxygens (including phenoxy) is 2. The van der Waals surface area contributed by atoms with Gasteiger partial charge in [0.05, 0.1) is 37.2 Å². The standard InChI is InChI=1S/C22H28N4O4/c1-13-14(2)21(24-20-17(12-27)25(3)22(28)19(13)20)26-9-7-15(8-10-26)30-16-5-6-18(29-4)23-11-16/h5-6,11,15,17,27H,7-10,12H2,1-4H3/t17-/m1/s1. The third-order valence-electron chi connectivity index (χ3n) is 6.21. The highest BCUT2D eigenvalue weighted by Gasteiger charge is 2.38. The summed E-state index contributed by atoms with van der Waals surface area (Å²) < 4.78 is 11.2. The predicted octanol–water partition coefficient (Wildman–Crippen LogP) is 2.27. The fourth-order valence-corrected chi connectivity index (χ4v) is 4.27. The number of fused-ring (bicyclic) bond motifs is 1. The molecule has 1 amide bonds. The van der Waals surface area contributed by atoms with Gasteiger partial charge in [-0.2, -0.15) is 0 Å². The van der Waals surface area contributed by atoms with Crippen LogP contribution in [-0.4, -0.2) is 65.8 Å². The highest BCUT2D eigenvalue weighted by Crippen LogP contribution is 2.37. The summed E-state index contributed by atoms with van der Waals surface area (Å²) in [4.78, 5) is 25.5. The first-order valence-electron chi connectivity index (χ1n) is 10.2. The zero-order chi connectivity index (χ0) is 21.4. The molecule has 160 valence electrons. The first kappa shape index (κ1) is 20.4. The molecule has 0 saturated carbocycles. The fraction of sp³-hybridized carbons (Fsp3) is 0.500. The van der Waals surface area contributed by atoms with Gasteiger partial charge >= 0.3 is 0 Å². The predicted molar refractivity (Wildman–Crippen MR) is 112 cm³/mol. The number of hydrogen-bond acceptors (Lipinski definition) is 7. The molecule has 0 spiro atoms. The molecule has 0 aromatic carbocycles. The normalized spacial score (nSPS) is 19.2. The number of carbonyl (C=O) groups is 1. The second-order valence-corrected chi connectivity index (χ2v) is 7.90. The van der Waals surface area contributed by atoms with Crippen LogP contribution in [0.15, 0.2) is 18.3 Å². The van der Waals surface area contributed by atoms with Crippen molar-refractivity contribution in [1.29, 1.82) is 0 Å². The number of anilines is 1. The van der Waals surface area contributed by atoms with Crippen LogP contribution in [0.5, 0.6) is 11.6 Å². The van der Waals surface area contributed by atoms with E-state index in [4.69, 9.17) is 14.5 Å². The van der Waals surface area contributed by atoms with Crippen LogP contribution >= 0.6 is 0 Å². The Hall–Kier alpha value is -2.87. The van der Waals surface area contributed by atoms with Crippen LogP contribution in [0.4, 0.5) is 5.82 Å². The highest BCUT2D eigenvalue weighted by molar-refractivity contribution is 6.00. The lowest BCUT2D eigenvalue weighted by Gasteiger charge is -2.34. The number of piperidine rings is 1. The van der Waals surface area contributed by atoms with E-state index in [1.165, 1.54) is 0 Å². The molecule has 2 aliphatic rings. The van der Waals surface area contributed by atoms with Gasteiger partial charge in [-0.05, 0) is 31.0 Å². The van der Waals surface area contributed by atoms with Gasteiger partial charge in [0.2, 0.25) is 5.88 Å². The Morgan fingerprint density at radius 3 is 2.53 bits per heavy atom. The number of amides is 1. The van der Waals surface area contributed by atoms with Crippen molar-refractivity contribution < 1.29 is 19.4 Å². The maximum Gasteiger partial charge on any atom is 0.256 e. The van der Waals surface area contributed by atoms with Gasteiger partial charge in [-0.1, -0.05) is 0 Å². The van der Waals surface area contributed by atoms with E-state index in [0.29, 0.717) is 17.1 Å². The largest absolute Gasteiger partial charge is 0.489 e. The molecule has 1 atom stereocenters. The van der Waals surface area contributed by atoms with Crippen molar-refractivity contribution in [3.8, 4) is 11.6 Å². The van der Waals surface area contributed by atoms with Crippen molar-refractivity contribution >= 4 is 11.7 Å². The van der Waals surface area contributed by atoms with Gasteiger partial charge < -0.3 is 24.4 Å². The van der Waals surface area contributed by atoms with Crippen molar-refractivity contribution in [2.45, 2.75) is 38.8 Å². The number of pyridine rings is 2. The monoisotopic (exact) mass is 412 g/mol. The van der Waals surface area contributed by atoms with Crippen LogP contribution in [0.3, 0.4) is 0 Å². The van der Waals surface area contributed by atoms with E-state index in [9.17, 15) is 9.90 Å². The SMILES string of the molecule is COc1ccc(OC2CCN(c3nc4c(c(C)c3C)C(=O)N(C)[C@@H]4CO)CC2)cn1. The Morgan fingerprint density at radius 2 is 1.93 bits per heavy atom. The summed E-state index contributed by atoms with van der Waals surface area (Å²) in [6.45, 7) is 5.48. The number of nitrogens with zero attached hydrogens (tertiary/aromatic N) is 4. The number of aliphatic hydroxyl groups is 1. The molecular formula is C22H28N4O4. The average molecular weight is 412 g/mol. The Kier molecular flexibility index (Phi) is 5.51. The van der Waals surface area contributed by atoms with Gasteiger partial charge in [0.1, 0.15) is 17.7 Å². The first-order chi connectivity index (χ1) is 14.4. The highest BCUT2D eigenvalue weighted by atomic mass is 16.5. The number of likely N-dealkylation sites (N-methyl/N-ethyl adjacent to an activating group) is 1. The third kappa shape index (κ3) is 3.45. The number of carbonyl (C=O) groups excluding carboxylic acids is 1. The van der Waals surface area contributed by atoms with E-state index in [-0.39, 0.29) is 24.7 Å². The van der Waals surface area contributed by atoms with Crippen LogP contribution in [-0.2, 0) is 0 Å². The molecular weight excluding hydrogens is 384 g/mol. The zero-order valence-electron chi connectivity index (χ0n) is 17.9. The molecule has 2 aromatic heterocycles. The van der Waals surface area contributed by atoms with Crippen LogP contribution in [0, 0.1) is 13.8 Å². The molecule has 1 saturated heterocycles. The lowest BCUT2D eigenvalue weighted by atomic mass is 10.00. The molecule has 0 bridgehead atoms. The van der Waals surface area contributed by atoms with E-state index >= 15 is 0 Å². The molecule has 8 heteroatoms. The van der Waals surface area contributed by atoms with Crippen LogP contribution < -0.4 is 14.4 Å². The summed E-state index contributed by atoms with van der Waals surface area (Å²) in [6.07, 6.45) is 3.53. The number of aromatic nitrogens is 2. The average Bonchev–Trinajstić information content (AvgIpc) is 3.01. The van der Waals surface area contributed by atoms with E-state index in [1.54, 1.807) is 31.3 Å². The smallest absolute Gasteiger partial charge is 0.256 e. The summed E-state index contributed by atoms with van der Waals surface area (Å²) in [5.74, 6) is 2.14. The molecule has 30 heavy (non-hydrogen) atoms. The van der Waals surface area contributed by atoms with E-state index in [0.717, 1.165) is 48.6 Å². The van der Waals surface area contributed by atoms with Gasteiger partial charge in [0.25, 0.3) is 5.91 Å². The van der Waals surface area contributed by atoms with Crippen molar-refractivity contribution in [3.05, 3.63) is 40.7 Å². The van der Waals surface area contributed by atoms with Gasteiger partial charge in [0, 0.05) is 39.0 Å². The summed E-state index contributed by atoms with van der Waals surface area (Å²) >= 11 is 0. The molecule has 4 rings (SSSR count). The van der Waals surface area contributed by atoms with Gasteiger partial charge in [-0.25, -0.2) is 9.97 Å². The molecule has 0 aliphatic carbocycles. The maximum absolute atomic E-state index is 12.6. The number of aliphatic hydroxyl groups excluding tert-OH is 1. The maximum atomic E-state index is 12.6. The van der Waals surface area contributed by atoms with Gasteiger partial charge in [-0.3, -0.25) is 4.79 Å². The third-order valence-corrected chi connectivity index (χ3v) is 6.21. The minimum Gasteiger partial charge on any atom is -0.489 e. The number of hydrogen-bond donors (Lipinski definition) is 1. The molecule has 0 radical (unpaired) electrons. The van der Waals surface area contributed by atoms with Crippen molar-refractivity contribution in [1.82, 2.24) is 14.9 Å². The topological polar surface area (TPSA) is 88.0 Å². The molecule has 0 unspecified atom stereocenters. The lowest BCUT2D eigenvalue weighted by Crippen LogP contribution is -2.39. The summed E-state index contributed by atoms with van der Waals surface area (Å²) in [6, 6.07) is 3.28. The van der Waals surface area contributed by atoms with Gasteiger partial charge in [-0.15, -0.1) is 0 Å². The van der Waals surface area contributed by atoms with Crippen molar-refractivity contribution in [2.24, 2.45) is 0 Å². The molecule has 2 aliphatic heterocycles. The molecule has 4 heterocycles. The molecule has 1 N–H and O–H groups in total. The summed E-state index contributed by atoms with van der Waals surface area (Å²) in [5, 5.41) is 9.79. The quantitative estimate of drug-likeness (QED) is 0.806. The lowest BCUT2D eigenvalue weighted by molar-refractivity contribution is 0.0714.